The number of hydrogen-bond donors (Lipinski definition) is 2. The number of aromatic nitrogens is 1. The van der Waals surface area contributed by atoms with Crippen LogP contribution in [0.1, 0.15) is 18.9 Å². The van der Waals surface area contributed by atoms with Crippen molar-refractivity contribution >= 4 is 22.6 Å². The molecule has 1 aromatic heterocycles. The summed E-state index contributed by atoms with van der Waals surface area (Å²) in [5.74, 6) is 0. The molecule has 25 heavy (non-hydrogen) atoms. The first-order valence-electron chi connectivity index (χ1n) is 8.39. The van der Waals surface area contributed by atoms with Crippen molar-refractivity contribution in [2.24, 2.45) is 0 Å². The first-order chi connectivity index (χ1) is 12.2. The number of hydrogen-bond acceptors (Lipinski definition) is 2. The van der Waals surface area contributed by atoms with Crippen LogP contribution in [0.2, 0.25) is 0 Å². The Labute approximate surface area is 146 Å². The summed E-state index contributed by atoms with van der Waals surface area (Å²) in [4.78, 5) is 29.1. The predicted octanol–water partition coefficient (Wildman–Crippen LogP) is 3.97. The summed E-state index contributed by atoms with van der Waals surface area (Å²) in [6, 6.07) is 18.4. The average molecular weight is 335 g/mol. The average Bonchev–Trinajstić information content (AvgIpc) is 2.62. The molecule has 2 aromatic carbocycles. The lowest BCUT2D eigenvalue weighted by Gasteiger charge is -2.23. The van der Waals surface area contributed by atoms with E-state index in [9.17, 15) is 9.59 Å². The van der Waals surface area contributed by atoms with E-state index >= 15 is 0 Å². The van der Waals surface area contributed by atoms with Crippen LogP contribution >= 0.6 is 0 Å². The molecule has 1 heterocycles. The Hall–Kier alpha value is -3.08. The molecule has 5 heteroatoms. The summed E-state index contributed by atoms with van der Waals surface area (Å²) in [6.07, 6.45) is 0.837. The fourth-order valence-corrected chi connectivity index (χ4v) is 2.86. The number of urea groups is 1. The molecule has 2 amide bonds. The second-order valence-electron chi connectivity index (χ2n) is 5.92. The maximum atomic E-state index is 12.7. The molecule has 0 saturated heterocycles. The third-order valence-corrected chi connectivity index (χ3v) is 4.00. The number of carbonyl (C=O) groups is 1. The van der Waals surface area contributed by atoms with Crippen LogP contribution in [0, 0.1) is 0 Å². The van der Waals surface area contributed by atoms with Gasteiger partial charge in [-0.25, -0.2) is 4.79 Å². The number of fused-ring (bicyclic) bond motifs is 1. The van der Waals surface area contributed by atoms with E-state index in [2.05, 4.69) is 10.3 Å². The number of para-hydroxylation sites is 2. The number of anilines is 1. The van der Waals surface area contributed by atoms with Crippen molar-refractivity contribution in [2.45, 2.75) is 19.9 Å². The maximum Gasteiger partial charge on any atom is 0.322 e. The highest BCUT2D eigenvalue weighted by Crippen LogP contribution is 2.17. The van der Waals surface area contributed by atoms with E-state index in [4.69, 9.17) is 0 Å². The zero-order valence-electron chi connectivity index (χ0n) is 14.2. The normalized spacial score (nSPS) is 10.6. The summed E-state index contributed by atoms with van der Waals surface area (Å²) >= 11 is 0. The minimum atomic E-state index is -0.169. The second-order valence-corrected chi connectivity index (χ2v) is 5.92. The van der Waals surface area contributed by atoms with Crippen LogP contribution in [0.25, 0.3) is 10.9 Å². The van der Waals surface area contributed by atoms with Gasteiger partial charge in [0.25, 0.3) is 0 Å². The summed E-state index contributed by atoms with van der Waals surface area (Å²) in [6.45, 7) is 3.02. The van der Waals surface area contributed by atoms with E-state index in [1.165, 1.54) is 0 Å². The lowest BCUT2D eigenvalue weighted by molar-refractivity contribution is 0.209. The van der Waals surface area contributed by atoms with Crippen molar-refractivity contribution in [1.82, 2.24) is 9.88 Å². The summed E-state index contributed by atoms with van der Waals surface area (Å²) in [7, 11) is 0. The zero-order valence-corrected chi connectivity index (χ0v) is 14.2. The molecular weight excluding hydrogens is 314 g/mol. The first kappa shape index (κ1) is 16.8. The molecule has 0 radical (unpaired) electrons. The quantitative estimate of drug-likeness (QED) is 0.741. The minimum Gasteiger partial charge on any atom is -0.322 e. The first-order valence-corrected chi connectivity index (χ1v) is 8.39. The maximum absolute atomic E-state index is 12.7. The molecule has 0 fully saturated rings. The Kier molecular flexibility index (Phi) is 5.14. The molecule has 0 saturated carbocycles. The number of amides is 2. The predicted molar refractivity (Wildman–Crippen MR) is 101 cm³/mol. The van der Waals surface area contributed by atoms with E-state index in [1.807, 2.05) is 61.5 Å². The van der Waals surface area contributed by atoms with Crippen molar-refractivity contribution in [3.05, 3.63) is 76.6 Å². The molecule has 5 nitrogen and oxygen atoms in total. The number of H-pyrrole nitrogens is 1. The molecule has 0 bridgehead atoms. The summed E-state index contributed by atoms with van der Waals surface area (Å²) in [5.41, 5.74) is 2.22. The van der Waals surface area contributed by atoms with Gasteiger partial charge in [0.1, 0.15) is 0 Å². The van der Waals surface area contributed by atoms with Gasteiger partial charge in [-0.05, 0) is 30.2 Å². The van der Waals surface area contributed by atoms with Crippen molar-refractivity contribution < 1.29 is 4.79 Å². The number of benzene rings is 2. The Morgan fingerprint density at radius 3 is 2.56 bits per heavy atom. The van der Waals surface area contributed by atoms with Crippen LogP contribution in [0.5, 0.6) is 0 Å². The van der Waals surface area contributed by atoms with Crippen LogP contribution in [0.3, 0.4) is 0 Å². The van der Waals surface area contributed by atoms with Gasteiger partial charge in [0.05, 0.1) is 0 Å². The number of carbonyl (C=O) groups excluding carboxylic acids is 1. The molecule has 0 aliphatic rings. The van der Waals surface area contributed by atoms with Crippen LogP contribution < -0.4 is 10.9 Å². The molecular formula is C20H21N3O2. The van der Waals surface area contributed by atoms with Gasteiger partial charge in [-0.2, -0.15) is 0 Å². The van der Waals surface area contributed by atoms with Crippen LogP contribution in [0.4, 0.5) is 10.5 Å². The lowest BCUT2D eigenvalue weighted by Crippen LogP contribution is -2.35. The molecule has 3 rings (SSSR count). The molecule has 0 spiro atoms. The number of nitrogens with zero attached hydrogens (tertiary/aromatic N) is 1. The smallest absolute Gasteiger partial charge is 0.322 e. The van der Waals surface area contributed by atoms with E-state index in [0.717, 1.165) is 28.6 Å². The number of pyridine rings is 1. The van der Waals surface area contributed by atoms with Gasteiger partial charge in [-0.3, -0.25) is 4.79 Å². The molecule has 2 N–H and O–H groups in total. The molecule has 3 aromatic rings. The van der Waals surface area contributed by atoms with Gasteiger partial charge in [0.2, 0.25) is 5.56 Å². The van der Waals surface area contributed by atoms with Gasteiger partial charge in [-0.1, -0.05) is 43.3 Å². The molecule has 0 unspecified atom stereocenters. The molecule has 0 aliphatic heterocycles. The van der Waals surface area contributed by atoms with E-state index in [1.54, 1.807) is 11.0 Å². The second kappa shape index (κ2) is 7.66. The van der Waals surface area contributed by atoms with Gasteiger partial charge >= 0.3 is 6.03 Å². The highest BCUT2D eigenvalue weighted by Gasteiger charge is 2.15. The van der Waals surface area contributed by atoms with Crippen LogP contribution in [-0.2, 0) is 6.54 Å². The van der Waals surface area contributed by atoms with E-state index in [-0.39, 0.29) is 11.6 Å². The highest BCUT2D eigenvalue weighted by molar-refractivity contribution is 5.90. The van der Waals surface area contributed by atoms with E-state index < -0.39 is 0 Å². The summed E-state index contributed by atoms with van der Waals surface area (Å²) < 4.78 is 0. The fraction of sp³-hybridized carbons (Fsp3) is 0.200. The zero-order chi connectivity index (χ0) is 17.6. The largest absolute Gasteiger partial charge is 0.322 e. The third kappa shape index (κ3) is 4.07. The Balaban J connectivity index is 1.87. The van der Waals surface area contributed by atoms with Crippen molar-refractivity contribution in [2.75, 3.05) is 11.9 Å². The fourth-order valence-electron chi connectivity index (χ4n) is 2.86. The van der Waals surface area contributed by atoms with Gasteiger partial charge in [-0.15, -0.1) is 0 Å². The highest BCUT2D eigenvalue weighted by atomic mass is 16.2. The number of nitrogens with one attached hydrogen (secondary N) is 2. The van der Waals surface area contributed by atoms with E-state index in [0.29, 0.717) is 13.1 Å². The van der Waals surface area contributed by atoms with Crippen molar-refractivity contribution in [3.8, 4) is 0 Å². The number of rotatable bonds is 5. The van der Waals surface area contributed by atoms with Crippen LogP contribution in [-0.4, -0.2) is 22.5 Å². The Morgan fingerprint density at radius 2 is 1.80 bits per heavy atom. The summed E-state index contributed by atoms with van der Waals surface area (Å²) in [5, 5.41) is 3.87. The van der Waals surface area contributed by atoms with Gasteiger partial charge in [0.15, 0.2) is 0 Å². The van der Waals surface area contributed by atoms with Gasteiger partial charge in [0, 0.05) is 35.7 Å². The number of aromatic amines is 1. The Bertz CT molecular complexity index is 919. The van der Waals surface area contributed by atoms with Crippen molar-refractivity contribution in [3.63, 3.8) is 0 Å². The third-order valence-electron chi connectivity index (χ3n) is 4.00. The molecule has 0 aliphatic carbocycles. The molecule has 128 valence electrons. The van der Waals surface area contributed by atoms with Crippen molar-refractivity contribution in [1.29, 1.82) is 0 Å². The van der Waals surface area contributed by atoms with Crippen LogP contribution in [0.15, 0.2) is 65.5 Å². The van der Waals surface area contributed by atoms with Gasteiger partial charge < -0.3 is 15.2 Å². The Morgan fingerprint density at radius 1 is 1.08 bits per heavy atom. The lowest BCUT2D eigenvalue weighted by atomic mass is 10.1. The monoisotopic (exact) mass is 335 g/mol. The standard InChI is InChI=1S/C20H21N3O2/c1-2-12-23(20(25)21-16-8-4-3-5-9-16)14-15-13-19(24)22-18-11-7-6-10-17(15)18/h3-11,13H,2,12,14H2,1H3,(H,21,25)(H,22,24). The molecule has 0 atom stereocenters. The SMILES string of the molecule is CCCN(Cc1cc(=O)[nH]c2ccccc12)C(=O)Nc1ccccc1. The topological polar surface area (TPSA) is 65.2 Å². The minimum absolute atomic E-state index is 0.159.